The van der Waals surface area contributed by atoms with Crippen molar-refractivity contribution in [3.63, 3.8) is 0 Å². The number of hydrogen-bond acceptors (Lipinski definition) is 1. The first kappa shape index (κ1) is 9.33. The molecule has 0 atom stereocenters. The average Bonchev–Trinajstić information content (AvgIpc) is 2.35. The maximum absolute atomic E-state index is 5.43. The van der Waals surface area contributed by atoms with Crippen LogP contribution < -0.4 is 0 Å². The molecule has 0 spiro atoms. The van der Waals surface area contributed by atoms with Crippen molar-refractivity contribution in [2.75, 3.05) is 0 Å². The minimum Gasteiger partial charge on any atom is -0.281 e. The average molecular weight is 185 g/mol. The van der Waals surface area contributed by atoms with Crippen molar-refractivity contribution in [1.82, 2.24) is 10.2 Å². The number of aromatic amines is 1. The number of halogens is 1. The summed E-state index contributed by atoms with van der Waals surface area (Å²) >= 11 is 5.43. The normalized spacial score (nSPS) is 12.7. The second-order valence-electron chi connectivity index (χ2n) is 3.75. The molecule has 0 saturated carbocycles. The summed E-state index contributed by atoms with van der Waals surface area (Å²) in [4.78, 5) is 0. The van der Waals surface area contributed by atoms with Crippen LogP contribution in [0.5, 0.6) is 0 Å². The molecule has 1 rings (SSSR count). The van der Waals surface area contributed by atoms with Crippen LogP contribution in [-0.4, -0.2) is 10.2 Å². The SMILES string of the molecule is CC(C)(C)c1cc(/C=C/Cl)n[nH]1. The lowest BCUT2D eigenvalue weighted by Gasteiger charge is -2.14. The van der Waals surface area contributed by atoms with Crippen LogP contribution in [-0.2, 0) is 5.41 Å². The Morgan fingerprint density at radius 3 is 2.58 bits per heavy atom. The topological polar surface area (TPSA) is 28.7 Å². The van der Waals surface area contributed by atoms with E-state index in [9.17, 15) is 0 Å². The molecular weight excluding hydrogens is 172 g/mol. The smallest absolute Gasteiger partial charge is 0.0860 e. The predicted octanol–water partition coefficient (Wildman–Crippen LogP) is 2.92. The summed E-state index contributed by atoms with van der Waals surface area (Å²) in [6.45, 7) is 6.40. The standard InChI is InChI=1S/C9H13ClN2/c1-9(2,3)8-6-7(4-5-10)11-12-8/h4-6H,1-3H3,(H,11,12)/b5-4+. The molecule has 3 heteroatoms. The molecule has 0 bridgehead atoms. The first-order valence-electron chi connectivity index (χ1n) is 3.86. The van der Waals surface area contributed by atoms with Gasteiger partial charge in [-0.2, -0.15) is 5.10 Å². The van der Waals surface area contributed by atoms with Crippen LogP contribution in [0, 0.1) is 0 Å². The van der Waals surface area contributed by atoms with Crippen LogP contribution in [0.3, 0.4) is 0 Å². The monoisotopic (exact) mass is 184 g/mol. The summed E-state index contributed by atoms with van der Waals surface area (Å²) < 4.78 is 0. The van der Waals surface area contributed by atoms with Crippen molar-refractivity contribution in [3.8, 4) is 0 Å². The van der Waals surface area contributed by atoms with Gasteiger partial charge in [0, 0.05) is 16.6 Å². The van der Waals surface area contributed by atoms with Crippen LogP contribution in [0.2, 0.25) is 0 Å². The molecule has 2 nitrogen and oxygen atoms in total. The van der Waals surface area contributed by atoms with E-state index in [1.165, 1.54) is 5.54 Å². The lowest BCUT2D eigenvalue weighted by Crippen LogP contribution is -2.11. The zero-order valence-electron chi connectivity index (χ0n) is 7.56. The fourth-order valence-electron chi connectivity index (χ4n) is 0.871. The molecule has 0 aliphatic carbocycles. The van der Waals surface area contributed by atoms with E-state index in [0.717, 1.165) is 11.4 Å². The number of rotatable bonds is 1. The second kappa shape index (κ2) is 3.31. The maximum Gasteiger partial charge on any atom is 0.0860 e. The Balaban J connectivity index is 2.92. The molecule has 1 aromatic heterocycles. The van der Waals surface area contributed by atoms with Gasteiger partial charge in [-0.3, -0.25) is 5.10 Å². The summed E-state index contributed by atoms with van der Waals surface area (Å²) in [6.07, 6.45) is 1.76. The zero-order chi connectivity index (χ0) is 9.19. The van der Waals surface area contributed by atoms with E-state index in [1.807, 2.05) is 6.07 Å². The van der Waals surface area contributed by atoms with Gasteiger partial charge in [-0.1, -0.05) is 32.4 Å². The van der Waals surface area contributed by atoms with Crippen molar-refractivity contribution in [2.24, 2.45) is 0 Å². The molecule has 12 heavy (non-hydrogen) atoms. The molecule has 0 aliphatic rings. The van der Waals surface area contributed by atoms with E-state index in [2.05, 4.69) is 31.0 Å². The van der Waals surface area contributed by atoms with E-state index >= 15 is 0 Å². The van der Waals surface area contributed by atoms with E-state index in [-0.39, 0.29) is 5.41 Å². The van der Waals surface area contributed by atoms with Crippen molar-refractivity contribution in [2.45, 2.75) is 26.2 Å². The minimum atomic E-state index is 0.116. The summed E-state index contributed by atoms with van der Waals surface area (Å²) in [5.41, 5.74) is 3.57. The highest BCUT2D eigenvalue weighted by Crippen LogP contribution is 2.20. The molecule has 66 valence electrons. The van der Waals surface area contributed by atoms with E-state index in [1.54, 1.807) is 6.08 Å². The molecule has 1 aromatic rings. The number of H-pyrrole nitrogens is 1. The zero-order valence-corrected chi connectivity index (χ0v) is 8.31. The number of aromatic nitrogens is 2. The van der Waals surface area contributed by atoms with Gasteiger partial charge in [-0.05, 0) is 12.1 Å². The Labute approximate surface area is 77.6 Å². The summed E-state index contributed by atoms with van der Waals surface area (Å²) in [5.74, 6) is 0. The van der Waals surface area contributed by atoms with Crippen LogP contribution in [0.15, 0.2) is 11.6 Å². The second-order valence-corrected chi connectivity index (χ2v) is 4.00. The fraction of sp³-hybridized carbons (Fsp3) is 0.444. The van der Waals surface area contributed by atoms with Crippen molar-refractivity contribution in [3.05, 3.63) is 23.0 Å². The molecule has 0 aliphatic heterocycles. The van der Waals surface area contributed by atoms with Gasteiger partial charge < -0.3 is 0 Å². The number of hydrogen-bond donors (Lipinski definition) is 1. The van der Waals surface area contributed by atoms with E-state index in [0.29, 0.717) is 0 Å². The first-order valence-corrected chi connectivity index (χ1v) is 4.30. The van der Waals surface area contributed by atoms with Crippen LogP contribution in [0.25, 0.3) is 6.08 Å². The van der Waals surface area contributed by atoms with Gasteiger partial charge in [0.05, 0.1) is 5.69 Å². The lowest BCUT2D eigenvalue weighted by molar-refractivity contribution is 0.567. The molecule has 0 saturated heterocycles. The van der Waals surface area contributed by atoms with Crippen molar-refractivity contribution < 1.29 is 0 Å². The quantitative estimate of drug-likeness (QED) is 0.715. The van der Waals surface area contributed by atoms with E-state index in [4.69, 9.17) is 11.6 Å². The Morgan fingerprint density at radius 1 is 1.50 bits per heavy atom. The van der Waals surface area contributed by atoms with Gasteiger partial charge in [0.25, 0.3) is 0 Å². The molecule has 1 N–H and O–H groups in total. The van der Waals surface area contributed by atoms with Crippen LogP contribution in [0.1, 0.15) is 32.2 Å². The summed E-state index contributed by atoms with van der Waals surface area (Å²) in [7, 11) is 0. The molecule has 0 fully saturated rings. The summed E-state index contributed by atoms with van der Waals surface area (Å²) in [6, 6.07) is 2.00. The molecule has 0 amide bonds. The van der Waals surface area contributed by atoms with Crippen LogP contribution >= 0.6 is 11.6 Å². The molecule has 1 heterocycles. The Morgan fingerprint density at radius 2 is 2.17 bits per heavy atom. The maximum atomic E-state index is 5.43. The molecule has 0 unspecified atom stereocenters. The van der Waals surface area contributed by atoms with Gasteiger partial charge in [0.15, 0.2) is 0 Å². The van der Waals surface area contributed by atoms with Crippen LogP contribution in [0.4, 0.5) is 0 Å². The fourth-order valence-corrected chi connectivity index (χ4v) is 1.00. The first-order chi connectivity index (χ1) is 5.54. The molecular formula is C9H13ClN2. The van der Waals surface area contributed by atoms with E-state index < -0.39 is 0 Å². The van der Waals surface area contributed by atoms with Crippen molar-refractivity contribution in [1.29, 1.82) is 0 Å². The Kier molecular flexibility index (Phi) is 2.58. The van der Waals surface area contributed by atoms with Gasteiger partial charge >= 0.3 is 0 Å². The highest BCUT2D eigenvalue weighted by atomic mass is 35.5. The van der Waals surface area contributed by atoms with Gasteiger partial charge in [0.2, 0.25) is 0 Å². The molecule has 0 radical (unpaired) electrons. The lowest BCUT2D eigenvalue weighted by atomic mass is 9.92. The van der Waals surface area contributed by atoms with Crippen molar-refractivity contribution >= 4 is 17.7 Å². The largest absolute Gasteiger partial charge is 0.281 e. The number of nitrogens with one attached hydrogen (secondary N) is 1. The summed E-state index contributed by atoms with van der Waals surface area (Å²) in [5, 5.41) is 7.05. The predicted molar refractivity (Wildman–Crippen MR) is 52.2 cm³/mol. The van der Waals surface area contributed by atoms with Gasteiger partial charge in [-0.15, -0.1) is 0 Å². The minimum absolute atomic E-state index is 0.116. The molecule has 0 aromatic carbocycles. The Bertz CT molecular complexity index is 281. The highest BCUT2D eigenvalue weighted by molar-refractivity contribution is 6.27. The third kappa shape index (κ3) is 2.11. The highest BCUT2D eigenvalue weighted by Gasteiger charge is 2.15. The third-order valence-corrected chi connectivity index (χ3v) is 1.77. The Hall–Kier alpha value is -0.760. The van der Waals surface area contributed by atoms with Gasteiger partial charge in [0.1, 0.15) is 0 Å². The van der Waals surface area contributed by atoms with Gasteiger partial charge in [-0.25, -0.2) is 0 Å². The third-order valence-electron chi connectivity index (χ3n) is 1.64. The number of nitrogens with zero attached hydrogens (tertiary/aromatic N) is 1.